The Hall–Kier alpha value is -2.01. The number of thioether (sulfide) groups is 1. The fourth-order valence-corrected chi connectivity index (χ4v) is 2.14. The van der Waals surface area contributed by atoms with Gasteiger partial charge in [-0.15, -0.1) is 11.8 Å². The molecule has 5 heteroatoms. The average Bonchev–Trinajstić information content (AvgIpc) is 2.41. The number of anilines is 1. The van der Waals surface area contributed by atoms with E-state index in [1.807, 2.05) is 0 Å². The first-order valence-electron chi connectivity index (χ1n) is 5.61. The molecule has 0 atom stereocenters. The third-order valence-electron chi connectivity index (χ3n) is 2.36. The Labute approximate surface area is 114 Å². The topological polar surface area (TPSA) is 49.3 Å². The monoisotopic (exact) mass is 277 g/mol. The Bertz CT molecular complexity index is 572. The van der Waals surface area contributed by atoms with Crippen molar-refractivity contribution in [3.63, 3.8) is 0 Å². The molecule has 0 saturated heterocycles. The summed E-state index contributed by atoms with van der Waals surface area (Å²) < 4.78 is 12.7. The summed E-state index contributed by atoms with van der Waals surface area (Å²) in [5.41, 5.74) is 0.382. The molecule has 3 nitrogen and oxygen atoms in total. The van der Waals surface area contributed by atoms with Crippen LogP contribution in [0.15, 0.2) is 53.4 Å². The van der Waals surface area contributed by atoms with E-state index in [2.05, 4.69) is 5.32 Å². The van der Waals surface area contributed by atoms with E-state index in [0.29, 0.717) is 5.69 Å². The molecule has 19 heavy (non-hydrogen) atoms. The van der Waals surface area contributed by atoms with Gasteiger partial charge in [0.15, 0.2) is 0 Å². The molecule has 98 valence electrons. The van der Waals surface area contributed by atoms with Crippen molar-refractivity contribution in [2.75, 3.05) is 11.1 Å². The Morgan fingerprint density at radius 1 is 1.16 bits per heavy atom. The lowest BCUT2D eigenvalue weighted by Crippen LogP contribution is -2.13. The number of rotatable bonds is 4. The highest BCUT2D eigenvalue weighted by Gasteiger charge is 2.06. The van der Waals surface area contributed by atoms with Crippen molar-refractivity contribution in [2.24, 2.45) is 0 Å². The Morgan fingerprint density at radius 2 is 1.84 bits per heavy atom. The number of hydrogen-bond acceptors (Lipinski definition) is 3. The molecule has 0 heterocycles. The van der Waals surface area contributed by atoms with Crippen molar-refractivity contribution in [1.82, 2.24) is 0 Å². The van der Waals surface area contributed by atoms with Crippen LogP contribution in [0.1, 0.15) is 0 Å². The lowest BCUT2D eigenvalue weighted by atomic mass is 10.3. The van der Waals surface area contributed by atoms with Gasteiger partial charge in [-0.1, -0.05) is 12.1 Å². The number of halogens is 1. The van der Waals surface area contributed by atoms with Gasteiger partial charge < -0.3 is 10.4 Å². The van der Waals surface area contributed by atoms with Gasteiger partial charge in [0.05, 0.1) is 11.4 Å². The van der Waals surface area contributed by atoms with Crippen LogP contribution in [0.3, 0.4) is 0 Å². The van der Waals surface area contributed by atoms with Crippen LogP contribution in [-0.2, 0) is 4.79 Å². The molecule has 0 aliphatic heterocycles. The maximum Gasteiger partial charge on any atom is 0.234 e. The summed E-state index contributed by atoms with van der Waals surface area (Å²) in [5, 5.41) is 12.1. The van der Waals surface area contributed by atoms with Crippen LogP contribution in [0.4, 0.5) is 10.1 Å². The summed E-state index contributed by atoms with van der Waals surface area (Å²) in [6.45, 7) is 0. The number of hydrogen-bond donors (Lipinski definition) is 2. The number of para-hydroxylation sites is 2. The summed E-state index contributed by atoms with van der Waals surface area (Å²) in [5.74, 6) is -0.304. The first-order valence-corrected chi connectivity index (χ1v) is 6.60. The second-order valence-electron chi connectivity index (χ2n) is 3.81. The average molecular weight is 277 g/mol. The fraction of sp³-hybridized carbons (Fsp3) is 0.0714. The van der Waals surface area contributed by atoms with Gasteiger partial charge in [-0.25, -0.2) is 4.39 Å². The van der Waals surface area contributed by atoms with Gasteiger partial charge in [0.25, 0.3) is 0 Å². The molecular weight excluding hydrogens is 265 g/mol. The summed E-state index contributed by atoms with van der Waals surface area (Å²) in [6.07, 6.45) is 0. The molecule has 1 amide bonds. The SMILES string of the molecule is O=C(CSc1ccc(F)cc1)Nc1ccccc1O. The zero-order chi connectivity index (χ0) is 13.7. The number of benzene rings is 2. The minimum atomic E-state index is -0.303. The smallest absolute Gasteiger partial charge is 0.234 e. The number of carbonyl (C=O) groups excluding carboxylic acids is 1. The van der Waals surface area contributed by atoms with Crippen molar-refractivity contribution in [3.05, 3.63) is 54.3 Å². The van der Waals surface area contributed by atoms with Crippen LogP contribution in [0, 0.1) is 5.82 Å². The summed E-state index contributed by atoms with van der Waals surface area (Å²) in [7, 11) is 0. The van der Waals surface area contributed by atoms with Gasteiger partial charge in [-0.2, -0.15) is 0 Å². The van der Waals surface area contributed by atoms with Crippen LogP contribution >= 0.6 is 11.8 Å². The maximum atomic E-state index is 12.7. The van der Waals surface area contributed by atoms with Crippen LogP contribution in [0.5, 0.6) is 5.75 Å². The Balaban J connectivity index is 1.88. The van der Waals surface area contributed by atoms with E-state index in [1.165, 1.54) is 30.0 Å². The Morgan fingerprint density at radius 3 is 2.53 bits per heavy atom. The second kappa shape index (κ2) is 6.24. The highest BCUT2D eigenvalue weighted by Crippen LogP contribution is 2.23. The molecule has 0 aliphatic rings. The van der Waals surface area contributed by atoms with Crippen LogP contribution in [0.25, 0.3) is 0 Å². The van der Waals surface area contributed by atoms with Crippen LogP contribution in [0.2, 0.25) is 0 Å². The quantitative estimate of drug-likeness (QED) is 0.666. The molecule has 2 aromatic carbocycles. The van der Waals surface area contributed by atoms with E-state index in [4.69, 9.17) is 0 Å². The summed E-state index contributed by atoms with van der Waals surface area (Å²) >= 11 is 1.30. The first kappa shape index (κ1) is 13.4. The normalized spacial score (nSPS) is 10.2. The van der Waals surface area contributed by atoms with Gasteiger partial charge >= 0.3 is 0 Å². The summed E-state index contributed by atoms with van der Waals surface area (Å²) in [4.78, 5) is 12.5. The van der Waals surface area contributed by atoms with Crippen molar-refractivity contribution in [1.29, 1.82) is 0 Å². The van der Waals surface area contributed by atoms with E-state index in [0.717, 1.165) is 4.90 Å². The number of aromatic hydroxyl groups is 1. The van der Waals surface area contributed by atoms with Crippen molar-refractivity contribution in [2.45, 2.75) is 4.90 Å². The van der Waals surface area contributed by atoms with Gasteiger partial charge in [-0.05, 0) is 36.4 Å². The molecule has 2 aromatic rings. The van der Waals surface area contributed by atoms with Gasteiger partial charge in [0.2, 0.25) is 5.91 Å². The Kier molecular flexibility index (Phi) is 4.41. The molecule has 0 bridgehead atoms. The van der Waals surface area contributed by atoms with Gasteiger partial charge in [0, 0.05) is 4.90 Å². The first-order chi connectivity index (χ1) is 9.15. The minimum Gasteiger partial charge on any atom is -0.506 e. The lowest BCUT2D eigenvalue weighted by Gasteiger charge is -2.06. The van der Waals surface area contributed by atoms with Gasteiger partial charge in [0.1, 0.15) is 11.6 Å². The lowest BCUT2D eigenvalue weighted by molar-refractivity contribution is -0.113. The van der Waals surface area contributed by atoms with Crippen LogP contribution in [-0.4, -0.2) is 16.8 Å². The molecule has 0 saturated carbocycles. The molecule has 2 rings (SSSR count). The zero-order valence-corrected chi connectivity index (χ0v) is 10.8. The van der Waals surface area contributed by atoms with Crippen molar-refractivity contribution in [3.8, 4) is 5.75 Å². The van der Waals surface area contributed by atoms with Crippen molar-refractivity contribution >= 4 is 23.4 Å². The maximum absolute atomic E-state index is 12.7. The number of phenolic OH excluding ortho intramolecular Hbond substituents is 1. The molecule has 0 fully saturated rings. The van der Waals surface area contributed by atoms with Gasteiger partial charge in [-0.3, -0.25) is 4.79 Å². The third-order valence-corrected chi connectivity index (χ3v) is 3.37. The minimum absolute atomic E-state index is 0.0302. The standard InChI is InChI=1S/C14H12FNO2S/c15-10-5-7-11(8-6-10)19-9-14(18)16-12-3-1-2-4-13(12)17/h1-8,17H,9H2,(H,16,18). The summed E-state index contributed by atoms with van der Waals surface area (Å²) in [6, 6.07) is 12.5. The fourth-order valence-electron chi connectivity index (χ4n) is 1.45. The number of phenols is 1. The van der Waals surface area contributed by atoms with E-state index in [1.54, 1.807) is 30.3 Å². The molecule has 0 spiro atoms. The third kappa shape index (κ3) is 3.99. The molecule has 0 aromatic heterocycles. The zero-order valence-electron chi connectivity index (χ0n) is 9.97. The van der Waals surface area contributed by atoms with E-state index in [-0.39, 0.29) is 23.2 Å². The second-order valence-corrected chi connectivity index (χ2v) is 4.86. The number of carbonyl (C=O) groups is 1. The van der Waals surface area contributed by atoms with E-state index >= 15 is 0 Å². The molecule has 0 unspecified atom stereocenters. The molecular formula is C14H12FNO2S. The number of amides is 1. The molecule has 2 N–H and O–H groups in total. The highest BCUT2D eigenvalue weighted by molar-refractivity contribution is 8.00. The van der Waals surface area contributed by atoms with E-state index in [9.17, 15) is 14.3 Å². The van der Waals surface area contributed by atoms with Crippen molar-refractivity contribution < 1.29 is 14.3 Å². The number of nitrogens with one attached hydrogen (secondary N) is 1. The molecule has 0 aliphatic carbocycles. The van der Waals surface area contributed by atoms with Crippen LogP contribution < -0.4 is 5.32 Å². The van der Waals surface area contributed by atoms with E-state index < -0.39 is 0 Å². The highest BCUT2D eigenvalue weighted by atomic mass is 32.2. The largest absolute Gasteiger partial charge is 0.506 e. The predicted octanol–water partition coefficient (Wildman–Crippen LogP) is 3.26. The predicted molar refractivity (Wildman–Crippen MR) is 73.9 cm³/mol. The molecule has 0 radical (unpaired) electrons.